The van der Waals surface area contributed by atoms with Gasteiger partial charge in [0.25, 0.3) is 5.91 Å². The Hall–Kier alpha value is -3.67. The molecule has 5 rings (SSSR count). The zero-order valence-electron chi connectivity index (χ0n) is 21.0. The van der Waals surface area contributed by atoms with Crippen molar-refractivity contribution < 1.29 is 9.59 Å². The average molecular weight is 469 g/mol. The molecule has 1 aliphatic carbocycles. The second-order valence-corrected chi connectivity index (χ2v) is 10.6. The molecule has 1 aliphatic heterocycles. The Kier molecular flexibility index (Phi) is 5.62. The predicted octanol–water partition coefficient (Wildman–Crippen LogP) is 5.97. The zero-order chi connectivity index (χ0) is 24.9. The van der Waals surface area contributed by atoms with Gasteiger partial charge in [-0.15, -0.1) is 0 Å². The van der Waals surface area contributed by atoms with Crippen LogP contribution in [0.3, 0.4) is 0 Å². The van der Waals surface area contributed by atoms with Crippen molar-refractivity contribution in [2.45, 2.75) is 59.9 Å². The molecule has 0 radical (unpaired) electrons. The molecule has 0 fully saturated rings. The quantitative estimate of drug-likeness (QED) is 0.494. The molecule has 1 aromatic heterocycles. The molecule has 0 saturated heterocycles. The maximum Gasteiger partial charge on any atom is 0.261 e. The van der Waals surface area contributed by atoms with E-state index in [0.29, 0.717) is 17.8 Å². The van der Waals surface area contributed by atoms with E-state index in [4.69, 9.17) is 0 Å². The monoisotopic (exact) mass is 468 g/mol. The van der Waals surface area contributed by atoms with Crippen LogP contribution in [0.25, 0.3) is 0 Å². The molecule has 180 valence electrons. The van der Waals surface area contributed by atoms with Gasteiger partial charge in [-0.2, -0.15) is 5.10 Å². The molecule has 2 N–H and O–H groups in total. The minimum absolute atomic E-state index is 0.135. The highest BCUT2D eigenvalue weighted by Crippen LogP contribution is 2.46. The van der Waals surface area contributed by atoms with Crippen LogP contribution in [-0.2, 0) is 11.2 Å². The van der Waals surface area contributed by atoms with E-state index in [1.165, 1.54) is 11.1 Å². The summed E-state index contributed by atoms with van der Waals surface area (Å²) in [5.41, 5.74) is 7.23. The number of carbonyl (C=O) groups is 2. The van der Waals surface area contributed by atoms with Gasteiger partial charge in [0, 0.05) is 23.4 Å². The summed E-state index contributed by atoms with van der Waals surface area (Å²) >= 11 is 0. The summed E-state index contributed by atoms with van der Waals surface area (Å²) in [7, 11) is 0. The van der Waals surface area contributed by atoms with Crippen LogP contribution in [-0.4, -0.2) is 21.5 Å². The Balaban J connectivity index is 1.57. The third-order valence-electron chi connectivity index (χ3n) is 7.22. The van der Waals surface area contributed by atoms with E-state index in [0.717, 1.165) is 40.9 Å². The molecule has 2 heterocycles. The third-order valence-corrected chi connectivity index (χ3v) is 7.22. The number of ketones is 1. The standard InChI is InChI=1S/C29H32N4O2/c1-6-19-8-10-20(11-9-19)26-25-23(14-29(4,5)15-24(25)34)32-27-22(16-30-33(26)27)28(35)31-21-12-7-17(2)18(3)13-21/h7-13,16,26,32H,6,14-15H2,1-5H3,(H,31,35)/t26-/m0/s1. The Morgan fingerprint density at radius 2 is 1.86 bits per heavy atom. The fraction of sp³-hybridized carbons (Fsp3) is 0.345. The average Bonchev–Trinajstić information content (AvgIpc) is 3.23. The highest BCUT2D eigenvalue weighted by Gasteiger charge is 2.42. The molecule has 0 unspecified atom stereocenters. The van der Waals surface area contributed by atoms with Gasteiger partial charge >= 0.3 is 0 Å². The number of rotatable bonds is 4. The van der Waals surface area contributed by atoms with Crippen LogP contribution in [0.5, 0.6) is 0 Å². The second kappa shape index (κ2) is 8.52. The van der Waals surface area contributed by atoms with E-state index in [1.807, 2.05) is 32.0 Å². The largest absolute Gasteiger partial charge is 0.343 e. The van der Waals surface area contributed by atoms with Crippen LogP contribution in [0.4, 0.5) is 11.5 Å². The highest BCUT2D eigenvalue weighted by atomic mass is 16.1. The number of hydrogen-bond acceptors (Lipinski definition) is 4. The molecule has 2 aromatic carbocycles. The molecular weight excluding hydrogens is 436 g/mol. The Labute approximate surface area is 206 Å². The van der Waals surface area contributed by atoms with Gasteiger partial charge in [-0.3, -0.25) is 9.59 Å². The summed E-state index contributed by atoms with van der Waals surface area (Å²) in [4.78, 5) is 26.7. The molecule has 6 nitrogen and oxygen atoms in total. The van der Waals surface area contributed by atoms with Crippen LogP contribution in [0.15, 0.2) is 59.9 Å². The van der Waals surface area contributed by atoms with Gasteiger partial charge in [-0.1, -0.05) is 51.1 Å². The number of anilines is 2. The number of aryl methyl sites for hydroxylation is 3. The lowest BCUT2D eigenvalue weighted by atomic mass is 9.73. The van der Waals surface area contributed by atoms with Gasteiger partial charge in [-0.05, 0) is 66.5 Å². The fourth-order valence-corrected chi connectivity index (χ4v) is 5.14. The molecule has 35 heavy (non-hydrogen) atoms. The van der Waals surface area contributed by atoms with Crippen LogP contribution in [0.1, 0.15) is 72.3 Å². The van der Waals surface area contributed by atoms with Crippen LogP contribution in [0, 0.1) is 19.3 Å². The zero-order valence-corrected chi connectivity index (χ0v) is 21.0. The number of aromatic nitrogens is 2. The maximum atomic E-state index is 13.4. The van der Waals surface area contributed by atoms with Crippen LogP contribution >= 0.6 is 0 Å². The first-order valence-electron chi connectivity index (χ1n) is 12.2. The van der Waals surface area contributed by atoms with E-state index in [9.17, 15) is 9.59 Å². The first-order chi connectivity index (χ1) is 16.7. The minimum atomic E-state index is -0.362. The summed E-state index contributed by atoms with van der Waals surface area (Å²) < 4.78 is 1.80. The van der Waals surface area contributed by atoms with Gasteiger partial charge in [0.15, 0.2) is 5.78 Å². The van der Waals surface area contributed by atoms with Crippen molar-refractivity contribution in [2.75, 3.05) is 10.6 Å². The molecule has 3 aromatic rings. The van der Waals surface area contributed by atoms with Crippen molar-refractivity contribution in [1.82, 2.24) is 9.78 Å². The SMILES string of the molecule is CCc1ccc([C@H]2C3=C(CC(C)(C)CC3=O)Nc3c(C(=O)Nc4ccc(C)c(C)c4)cnn32)cc1. The number of Topliss-reactive ketones (excluding diaryl/α,β-unsaturated/α-hetero) is 1. The van der Waals surface area contributed by atoms with Crippen LogP contribution < -0.4 is 10.6 Å². The highest BCUT2D eigenvalue weighted by molar-refractivity contribution is 6.08. The number of benzene rings is 2. The van der Waals surface area contributed by atoms with E-state index in [1.54, 1.807) is 10.9 Å². The summed E-state index contributed by atoms with van der Waals surface area (Å²) in [6, 6.07) is 13.9. The van der Waals surface area contributed by atoms with Crippen molar-refractivity contribution in [1.29, 1.82) is 0 Å². The number of carbonyl (C=O) groups excluding carboxylic acids is 2. The van der Waals surface area contributed by atoms with Gasteiger partial charge < -0.3 is 10.6 Å². The molecule has 1 atom stereocenters. The lowest BCUT2D eigenvalue weighted by Gasteiger charge is -2.39. The summed E-state index contributed by atoms with van der Waals surface area (Å²) in [6.07, 6.45) is 3.78. The van der Waals surface area contributed by atoms with E-state index < -0.39 is 0 Å². The van der Waals surface area contributed by atoms with Gasteiger partial charge in [0.2, 0.25) is 0 Å². The summed E-state index contributed by atoms with van der Waals surface area (Å²) in [5.74, 6) is 0.531. The molecule has 2 aliphatic rings. The number of nitrogens with one attached hydrogen (secondary N) is 2. The molecule has 0 bridgehead atoms. The Bertz CT molecular complexity index is 1360. The van der Waals surface area contributed by atoms with Crippen LogP contribution in [0.2, 0.25) is 0 Å². The topological polar surface area (TPSA) is 76.0 Å². The van der Waals surface area contributed by atoms with E-state index in [2.05, 4.69) is 60.8 Å². The maximum absolute atomic E-state index is 13.4. The van der Waals surface area contributed by atoms with E-state index >= 15 is 0 Å². The van der Waals surface area contributed by atoms with Gasteiger partial charge in [0.1, 0.15) is 17.4 Å². The summed E-state index contributed by atoms with van der Waals surface area (Å²) in [5, 5.41) is 11.1. The van der Waals surface area contributed by atoms with Crippen molar-refractivity contribution in [3.8, 4) is 0 Å². The first kappa shape index (κ1) is 23.1. The van der Waals surface area contributed by atoms with Crippen molar-refractivity contribution in [2.24, 2.45) is 5.41 Å². The molecule has 1 amide bonds. The van der Waals surface area contributed by atoms with Crippen molar-refractivity contribution in [3.05, 3.63) is 87.7 Å². The molecule has 0 spiro atoms. The number of amides is 1. The predicted molar refractivity (Wildman–Crippen MR) is 139 cm³/mol. The van der Waals surface area contributed by atoms with Gasteiger partial charge in [-0.25, -0.2) is 4.68 Å². The lowest BCUT2D eigenvalue weighted by molar-refractivity contribution is -0.118. The van der Waals surface area contributed by atoms with Gasteiger partial charge in [0.05, 0.1) is 6.20 Å². The first-order valence-corrected chi connectivity index (χ1v) is 12.2. The number of allylic oxidation sites excluding steroid dienone is 2. The molecular formula is C29H32N4O2. The van der Waals surface area contributed by atoms with Crippen molar-refractivity contribution >= 4 is 23.2 Å². The number of fused-ring (bicyclic) bond motifs is 1. The minimum Gasteiger partial charge on any atom is -0.343 e. The smallest absolute Gasteiger partial charge is 0.261 e. The number of hydrogen-bond donors (Lipinski definition) is 2. The normalized spacial score (nSPS) is 18.5. The Morgan fingerprint density at radius 1 is 1.11 bits per heavy atom. The summed E-state index contributed by atoms with van der Waals surface area (Å²) in [6.45, 7) is 10.4. The second-order valence-electron chi connectivity index (χ2n) is 10.6. The lowest BCUT2D eigenvalue weighted by Crippen LogP contribution is -2.37. The molecule has 0 saturated carbocycles. The Morgan fingerprint density at radius 3 is 2.54 bits per heavy atom. The van der Waals surface area contributed by atoms with Crippen molar-refractivity contribution in [3.63, 3.8) is 0 Å². The molecule has 6 heteroatoms. The van der Waals surface area contributed by atoms with E-state index in [-0.39, 0.29) is 23.1 Å². The fourth-order valence-electron chi connectivity index (χ4n) is 5.14. The third kappa shape index (κ3) is 4.18. The number of nitrogens with zero attached hydrogens (tertiary/aromatic N) is 2.